The molecule has 0 saturated heterocycles. The summed E-state index contributed by atoms with van der Waals surface area (Å²) >= 11 is 0.909. The van der Waals surface area contributed by atoms with Crippen LogP contribution in [0.2, 0.25) is 0 Å². The number of carbonyl (C=O) groups excluding carboxylic acids is 2. The molecule has 2 amide bonds. The minimum absolute atomic E-state index is 0.326. The number of benzene rings is 1. The van der Waals surface area contributed by atoms with Gasteiger partial charge in [0.25, 0.3) is 0 Å². The van der Waals surface area contributed by atoms with Crippen molar-refractivity contribution < 1.29 is 23.8 Å². The number of hydrogen-bond acceptors (Lipinski definition) is 6. The highest BCUT2D eigenvalue weighted by atomic mass is 32.2. The topological polar surface area (TPSA) is 68.3 Å². The minimum atomic E-state index is -0.604. The lowest BCUT2D eigenvalue weighted by atomic mass is 10.0. The molecule has 0 fully saturated rings. The number of ether oxygens (including phenoxy) is 3. The molecule has 27 heavy (non-hydrogen) atoms. The fourth-order valence-electron chi connectivity index (χ4n) is 2.68. The van der Waals surface area contributed by atoms with E-state index in [0.717, 1.165) is 43.4 Å². The molecule has 150 valence electrons. The Labute approximate surface area is 165 Å². The van der Waals surface area contributed by atoms with Crippen LogP contribution in [0.15, 0.2) is 18.2 Å². The molecule has 2 rings (SSSR count). The molecule has 0 bridgehead atoms. The van der Waals surface area contributed by atoms with Crippen LogP contribution in [0.1, 0.15) is 45.6 Å². The number of hydrogen-bond donors (Lipinski definition) is 0. The number of amides is 2. The van der Waals surface area contributed by atoms with Gasteiger partial charge in [0.05, 0.1) is 18.7 Å². The summed E-state index contributed by atoms with van der Waals surface area (Å²) in [5, 5.41) is 0. The van der Waals surface area contributed by atoms with Gasteiger partial charge in [0.2, 0.25) is 0 Å². The molecule has 0 N–H and O–H groups in total. The van der Waals surface area contributed by atoms with Gasteiger partial charge in [-0.1, -0.05) is 31.9 Å². The Bertz CT molecular complexity index is 680. The summed E-state index contributed by atoms with van der Waals surface area (Å²) in [6.07, 6.45) is 2.55. The molecular formula is C19H28N2O5S. The molecule has 0 radical (unpaired) electrons. The minimum Gasteiger partial charge on any atom is -0.483 e. The molecule has 0 spiro atoms. The first-order valence-corrected chi connectivity index (χ1v) is 9.81. The van der Waals surface area contributed by atoms with Crippen LogP contribution in [0.4, 0.5) is 9.59 Å². The summed E-state index contributed by atoms with van der Waals surface area (Å²) in [4.78, 5) is 24.3. The van der Waals surface area contributed by atoms with Gasteiger partial charge in [-0.15, -0.1) is 0 Å². The third-order valence-corrected chi connectivity index (χ3v) is 4.77. The zero-order valence-electron chi connectivity index (χ0n) is 16.6. The van der Waals surface area contributed by atoms with Gasteiger partial charge in [-0.05, 0) is 26.3 Å². The van der Waals surface area contributed by atoms with E-state index in [2.05, 4.69) is 6.92 Å². The first-order valence-electron chi connectivity index (χ1n) is 9.08. The second-order valence-corrected chi connectivity index (χ2v) is 8.31. The maximum Gasteiger partial charge on any atom is 0.426 e. The molecule has 1 aromatic rings. The second kappa shape index (κ2) is 9.21. The monoisotopic (exact) mass is 396 g/mol. The lowest BCUT2D eigenvalue weighted by Crippen LogP contribution is -2.31. The van der Waals surface area contributed by atoms with Crippen LogP contribution >= 0.6 is 12.1 Å². The van der Waals surface area contributed by atoms with Crippen molar-refractivity contribution in [3.05, 3.63) is 23.8 Å². The van der Waals surface area contributed by atoms with Gasteiger partial charge in [-0.25, -0.2) is 18.2 Å². The predicted molar refractivity (Wildman–Crippen MR) is 105 cm³/mol. The molecule has 1 aliphatic rings. The van der Waals surface area contributed by atoms with E-state index >= 15 is 0 Å². The maximum atomic E-state index is 12.4. The van der Waals surface area contributed by atoms with Crippen molar-refractivity contribution in [1.82, 2.24) is 8.61 Å². The van der Waals surface area contributed by atoms with Crippen LogP contribution in [-0.2, 0) is 11.2 Å². The number of fused-ring (bicyclic) bond motifs is 1. The number of rotatable bonds is 7. The third kappa shape index (κ3) is 5.95. The lowest BCUT2D eigenvalue weighted by molar-refractivity contribution is 0.128. The zero-order chi connectivity index (χ0) is 20.0. The average Bonchev–Trinajstić information content (AvgIpc) is 2.93. The summed E-state index contributed by atoms with van der Waals surface area (Å²) in [5.41, 5.74) is 0.682. The van der Waals surface area contributed by atoms with Gasteiger partial charge < -0.3 is 14.2 Å². The summed E-state index contributed by atoms with van der Waals surface area (Å²) in [7, 11) is 3.07. The van der Waals surface area contributed by atoms with E-state index in [9.17, 15) is 9.59 Å². The van der Waals surface area contributed by atoms with Gasteiger partial charge >= 0.3 is 12.2 Å². The SMILES string of the molecule is CCCCCOC(=O)N(C)SN(C)C(=O)Oc1cccc2c1OC(C)(C)C2. The molecule has 1 aliphatic heterocycles. The smallest absolute Gasteiger partial charge is 0.426 e. The van der Waals surface area contributed by atoms with E-state index in [-0.39, 0.29) is 5.60 Å². The van der Waals surface area contributed by atoms with Crippen LogP contribution in [0.3, 0.4) is 0 Å². The molecule has 8 heteroatoms. The third-order valence-electron chi connectivity index (χ3n) is 3.98. The Hall–Kier alpha value is -2.09. The Morgan fingerprint density at radius 2 is 1.89 bits per heavy atom. The quantitative estimate of drug-likeness (QED) is 0.493. The van der Waals surface area contributed by atoms with Crippen LogP contribution in [0.25, 0.3) is 0 Å². The van der Waals surface area contributed by atoms with Crippen molar-refractivity contribution in [2.24, 2.45) is 0 Å². The van der Waals surface area contributed by atoms with Gasteiger partial charge in [-0.3, -0.25) is 0 Å². The van der Waals surface area contributed by atoms with Crippen molar-refractivity contribution in [3.8, 4) is 11.5 Å². The highest BCUT2D eigenvalue weighted by Gasteiger charge is 2.33. The molecule has 0 atom stereocenters. The molecule has 1 aromatic carbocycles. The van der Waals surface area contributed by atoms with Crippen molar-refractivity contribution in [3.63, 3.8) is 0 Å². The van der Waals surface area contributed by atoms with Gasteiger partial charge in [0, 0.05) is 26.1 Å². The largest absolute Gasteiger partial charge is 0.483 e. The van der Waals surface area contributed by atoms with E-state index in [0.29, 0.717) is 18.1 Å². The summed E-state index contributed by atoms with van der Waals surface area (Å²) < 4.78 is 19.0. The fourth-order valence-corrected chi connectivity index (χ4v) is 3.27. The van der Waals surface area contributed by atoms with Crippen molar-refractivity contribution in [2.45, 2.75) is 52.1 Å². The van der Waals surface area contributed by atoms with E-state index in [1.54, 1.807) is 13.1 Å². The van der Waals surface area contributed by atoms with E-state index in [1.165, 1.54) is 15.7 Å². The van der Waals surface area contributed by atoms with Crippen molar-refractivity contribution >= 4 is 24.3 Å². The standard InChI is InChI=1S/C19H28N2O5S/c1-6-7-8-12-24-17(22)20(4)27-21(5)18(23)25-15-11-9-10-14-13-19(2,3)26-16(14)15/h9-11H,6-8,12-13H2,1-5H3. The van der Waals surface area contributed by atoms with Gasteiger partial charge in [-0.2, -0.15) is 0 Å². The molecule has 0 aliphatic carbocycles. The Morgan fingerprint density at radius 1 is 1.19 bits per heavy atom. The van der Waals surface area contributed by atoms with Crippen molar-refractivity contribution in [1.29, 1.82) is 0 Å². The normalized spacial score (nSPS) is 14.1. The van der Waals surface area contributed by atoms with E-state index in [1.807, 2.05) is 26.0 Å². The Kier molecular flexibility index (Phi) is 7.24. The molecule has 0 aromatic heterocycles. The average molecular weight is 397 g/mol. The highest BCUT2D eigenvalue weighted by Crippen LogP contribution is 2.42. The zero-order valence-corrected chi connectivity index (χ0v) is 17.4. The molecule has 0 unspecified atom stereocenters. The van der Waals surface area contributed by atoms with Gasteiger partial charge in [0.15, 0.2) is 11.5 Å². The predicted octanol–water partition coefficient (Wildman–Crippen LogP) is 4.65. The summed E-state index contributed by atoms with van der Waals surface area (Å²) in [5.74, 6) is 0.971. The number of carbonyl (C=O) groups is 2. The molecular weight excluding hydrogens is 368 g/mol. The van der Waals surface area contributed by atoms with Crippen molar-refractivity contribution in [2.75, 3.05) is 20.7 Å². The van der Waals surface area contributed by atoms with Crippen LogP contribution in [0, 0.1) is 0 Å². The first kappa shape index (κ1) is 21.2. The maximum absolute atomic E-state index is 12.4. The Balaban J connectivity index is 1.88. The highest BCUT2D eigenvalue weighted by molar-refractivity contribution is 7.95. The summed E-state index contributed by atoms with van der Waals surface area (Å²) in [6, 6.07) is 5.49. The molecule has 0 saturated carbocycles. The summed E-state index contributed by atoms with van der Waals surface area (Å²) in [6.45, 7) is 6.43. The van der Waals surface area contributed by atoms with E-state index in [4.69, 9.17) is 14.2 Å². The van der Waals surface area contributed by atoms with Gasteiger partial charge in [0.1, 0.15) is 5.60 Å². The number of nitrogens with zero attached hydrogens (tertiary/aromatic N) is 2. The molecule has 7 nitrogen and oxygen atoms in total. The second-order valence-electron chi connectivity index (χ2n) is 7.05. The Morgan fingerprint density at radius 3 is 2.59 bits per heavy atom. The molecule has 1 heterocycles. The fraction of sp³-hybridized carbons (Fsp3) is 0.579. The van der Waals surface area contributed by atoms with Crippen LogP contribution in [0.5, 0.6) is 11.5 Å². The van der Waals surface area contributed by atoms with E-state index < -0.39 is 12.2 Å². The van der Waals surface area contributed by atoms with Crippen LogP contribution in [-0.4, -0.2) is 47.1 Å². The number of unbranched alkanes of at least 4 members (excludes halogenated alkanes) is 2. The first-order chi connectivity index (χ1) is 12.7. The lowest BCUT2D eigenvalue weighted by Gasteiger charge is -2.22. The number of para-hydroxylation sites is 1. The van der Waals surface area contributed by atoms with Crippen LogP contribution < -0.4 is 9.47 Å².